The Balaban J connectivity index is 2.62. The SMILES string of the molecule is CC(C)(C)OC(=O)CCN=C(N)Nc1ccccc1OC(F)(F)F. The summed E-state index contributed by atoms with van der Waals surface area (Å²) in [5.41, 5.74) is 5.01. The Kier molecular flexibility index (Phi) is 6.44. The van der Waals surface area contributed by atoms with E-state index in [2.05, 4.69) is 15.0 Å². The van der Waals surface area contributed by atoms with Crippen molar-refractivity contribution >= 4 is 17.6 Å². The van der Waals surface area contributed by atoms with Crippen molar-refractivity contribution in [1.29, 1.82) is 0 Å². The first-order valence-electron chi connectivity index (χ1n) is 7.10. The van der Waals surface area contributed by atoms with Crippen LogP contribution in [0, 0.1) is 0 Å². The van der Waals surface area contributed by atoms with Gasteiger partial charge < -0.3 is 20.5 Å². The quantitative estimate of drug-likeness (QED) is 0.486. The van der Waals surface area contributed by atoms with Gasteiger partial charge in [0.25, 0.3) is 0 Å². The van der Waals surface area contributed by atoms with Crippen LogP contribution in [-0.2, 0) is 9.53 Å². The Morgan fingerprint density at radius 3 is 2.46 bits per heavy atom. The summed E-state index contributed by atoms with van der Waals surface area (Å²) in [6, 6.07) is 5.41. The number of guanidine groups is 1. The number of hydrogen-bond donors (Lipinski definition) is 2. The zero-order chi connectivity index (χ0) is 18.4. The standard InChI is InChI=1S/C15H20F3N3O3/c1-14(2,3)24-12(22)8-9-20-13(19)21-10-6-4-5-7-11(10)23-15(16,17)18/h4-7H,8-9H2,1-3H3,(H3,19,20,21). The lowest BCUT2D eigenvalue weighted by molar-refractivity contribution is -0.274. The number of hydrogen-bond acceptors (Lipinski definition) is 4. The second-order valence-electron chi connectivity index (χ2n) is 5.77. The molecule has 0 atom stereocenters. The average molecular weight is 347 g/mol. The second kappa shape index (κ2) is 7.89. The molecule has 9 heteroatoms. The van der Waals surface area contributed by atoms with E-state index in [1.807, 2.05) is 0 Å². The van der Waals surface area contributed by atoms with Crippen molar-refractivity contribution in [3.05, 3.63) is 24.3 Å². The molecule has 0 aliphatic carbocycles. The number of rotatable bonds is 5. The fourth-order valence-corrected chi connectivity index (χ4v) is 1.62. The lowest BCUT2D eigenvalue weighted by atomic mass is 10.2. The van der Waals surface area contributed by atoms with Crippen LogP contribution in [0.5, 0.6) is 5.75 Å². The number of esters is 1. The van der Waals surface area contributed by atoms with E-state index >= 15 is 0 Å². The number of para-hydroxylation sites is 2. The van der Waals surface area contributed by atoms with Crippen LogP contribution in [0.4, 0.5) is 18.9 Å². The summed E-state index contributed by atoms with van der Waals surface area (Å²) in [5, 5.41) is 2.51. The van der Waals surface area contributed by atoms with E-state index in [0.29, 0.717) is 0 Å². The molecule has 0 fully saturated rings. The van der Waals surface area contributed by atoms with Gasteiger partial charge in [-0.3, -0.25) is 9.79 Å². The van der Waals surface area contributed by atoms with Gasteiger partial charge in [0.1, 0.15) is 5.60 Å². The number of carbonyl (C=O) groups excluding carboxylic acids is 1. The van der Waals surface area contributed by atoms with Crippen LogP contribution in [0.3, 0.4) is 0 Å². The zero-order valence-corrected chi connectivity index (χ0v) is 13.6. The van der Waals surface area contributed by atoms with E-state index in [4.69, 9.17) is 10.5 Å². The Bertz CT molecular complexity index is 596. The van der Waals surface area contributed by atoms with Crippen LogP contribution in [0.25, 0.3) is 0 Å². The number of nitrogens with zero attached hydrogens (tertiary/aromatic N) is 1. The van der Waals surface area contributed by atoms with Crippen molar-refractivity contribution in [2.75, 3.05) is 11.9 Å². The van der Waals surface area contributed by atoms with Gasteiger partial charge in [0, 0.05) is 0 Å². The number of alkyl halides is 3. The van der Waals surface area contributed by atoms with Gasteiger partial charge in [-0.05, 0) is 32.9 Å². The van der Waals surface area contributed by atoms with Crippen molar-refractivity contribution in [2.24, 2.45) is 10.7 Å². The van der Waals surface area contributed by atoms with E-state index in [0.717, 1.165) is 6.07 Å². The number of ether oxygens (including phenoxy) is 2. The molecule has 6 nitrogen and oxygen atoms in total. The van der Waals surface area contributed by atoms with E-state index in [1.54, 1.807) is 20.8 Å². The molecule has 0 amide bonds. The largest absolute Gasteiger partial charge is 0.573 e. The van der Waals surface area contributed by atoms with Gasteiger partial charge in [-0.1, -0.05) is 12.1 Å². The summed E-state index contributed by atoms with van der Waals surface area (Å²) in [7, 11) is 0. The number of anilines is 1. The number of carbonyl (C=O) groups is 1. The summed E-state index contributed by atoms with van der Waals surface area (Å²) >= 11 is 0. The highest BCUT2D eigenvalue weighted by Crippen LogP contribution is 2.29. The van der Waals surface area contributed by atoms with Gasteiger partial charge in [0.05, 0.1) is 18.7 Å². The fourth-order valence-electron chi connectivity index (χ4n) is 1.62. The minimum absolute atomic E-state index is 0.000345. The van der Waals surface area contributed by atoms with Gasteiger partial charge >= 0.3 is 12.3 Å². The Labute approximate surface area is 137 Å². The fraction of sp³-hybridized carbons (Fsp3) is 0.467. The van der Waals surface area contributed by atoms with Crippen molar-refractivity contribution in [1.82, 2.24) is 0 Å². The van der Waals surface area contributed by atoms with E-state index in [9.17, 15) is 18.0 Å². The first-order valence-corrected chi connectivity index (χ1v) is 7.10. The molecular formula is C15H20F3N3O3. The third kappa shape index (κ3) is 8.25. The summed E-state index contributed by atoms with van der Waals surface area (Å²) < 4.78 is 45.9. The topological polar surface area (TPSA) is 85.9 Å². The molecule has 1 aromatic carbocycles. The molecule has 0 saturated carbocycles. The van der Waals surface area contributed by atoms with Gasteiger partial charge in [-0.2, -0.15) is 0 Å². The highest BCUT2D eigenvalue weighted by Gasteiger charge is 2.32. The van der Waals surface area contributed by atoms with Gasteiger partial charge in [-0.25, -0.2) is 0 Å². The Morgan fingerprint density at radius 2 is 1.88 bits per heavy atom. The van der Waals surface area contributed by atoms with E-state index in [-0.39, 0.29) is 24.6 Å². The second-order valence-corrected chi connectivity index (χ2v) is 5.77. The van der Waals surface area contributed by atoms with E-state index < -0.39 is 23.7 Å². The molecular weight excluding hydrogens is 327 g/mol. The lowest BCUT2D eigenvalue weighted by Crippen LogP contribution is -2.26. The molecule has 134 valence electrons. The molecule has 0 saturated heterocycles. The molecule has 0 heterocycles. The maximum Gasteiger partial charge on any atom is 0.573 e. The molecule has 1 rings (SSSR count). The van der Waals surface area contributed by atoms with Crippen molar-refractivity contribution < 1.29 is 27.4 Å². The molecule has 1 aromatic rings. The maximum atomic E-state index is 12.3. The van der Waals surface area contributed by atoms with Crippen molar-refractivity contribution in [3.8, 4) is 5.75 Å². The number of aliphatic imine (C=N–C) groups is 1. The lowest BCUT2D eigenvalue weighted by Gasteiger charge is -2.19. The predicted octanol–water partition coefficient (Wildman–Crippen LogP) is 3.04. The van der Waals surface area contributed by atoms with Crippen LogP contribution >= 0.6 is 0 Å². The summed E-state index contributed by atoms with van der Waals surface area (Å²) in [6.45, 7) is 5.25. The van der Waals surface area contributed by atoms with Crippen LogP contribution in [0.2, 0.25) is 0 Å². The summed E-state index contributed by atoms with van der Waals surface area (Å²) in [5.74, 6) is -1.02. The molecule has 0 radical (unpaired) electrons. The molecule has 0 aliphatic heterocycles. The highest BCUT2D eigenvalue weighted by molar-refractivity contribution is 5.93. The zero-order valence-electron chi connectivity index (χ0n) is 13.6. The Morgan fingerprint density at radius 1 is 1.25 bits per heavy atom. The normalized spacial score (nSPS) is 12.7. The minimum atomic E-state index is -4.82. The first-order chi connectivity index (χ1) is 11.0. The smallest absolute Gasteiger partial charge is 0.460 e. The van der Waals surface area contributed by atoms with Crippen molar-refractivity contribution in [3.63, 3.8) is 0 Å². The van der Waals surface area contributed by atoms with Crippen LogP contribution in [0.15, 0.2) is 29.3 Å². The van der Waals surface area contributed by atoms with Crippen LogP contribution in [0.1, 0.15) is 27.2 Å². The average Bonchev–Trinajstić information content (AvgIpc) is 2.37. The number of benzene rings is 1. The monoisotopic (exact) mass is 347 g/mol. The first kappa shape index (κ1) is 19.6. The number of halogens is 3. The summed E-state index contributed by atoms with van der Waals surface area (Å²) in [6.07, 6.45) is -4.82. The van der Waals surface area contributed by atoms with Crippen LogP contribution < -0.4 is 15.8 Å². The molecule has 0 aliphatic rings. The van der Waals surface area contributed by atoms with Crippen molar-refractivity contribution in [2.45, 2.75) is 39.2 Å². The third-order valence-corrected chi connectivity index (χ3v) is 2.39. The van der Waals surface area contributed by atoms with E-state index in [1.165, 1.54) is 18.2 Å². The Hall–Kier alpha value is -2.45. The molecule has 24 heavy (non-hydrogen) atoms. The highest BCUT2D eigenvalue weighted by atomic mass is 19.4. The third-order valence-electron chi connectivity index (χ3n) is 2.39. The molecule has 0 spiro atoms. The van der Waals surface area contributed by atoms with Crippen LogP contribution in [-0.4, -0.2) is 30.4 Å². The number of nitrogens with one attached hydrogen (secondary N) is 1. The molecule has 0 unspecified atom stereocenters. The number of nitrogens with two attached hydrogens (primary N) is 1. The predicted molar refractivity (Wildman–Crippen MR) is 83.7 cm³/mol. The van der Waals surface area contributed by atoms with Gasteiger partial charge in [-0.15, -0.1) is 13.2 Å². The van der Waals surface area contributed by atoms with Gasteiger partial charge in [0.2, 0.25) is 0 Å². The van der Waals surface area contributed by atoms with Gasteiger partial charge in [0.15, 0.2) is 11.7 Å². The molecule has 0 aromatic heterocycles. The summed E-state index contributed by atoms with van der Waals surface area (Å²) in [4.78, 5) is 15.4. The maximum absolute atomic E-state index is 12.3. The minimum Gasteiger partial charge on any atom is -0.460 e. The molecule has 0 bridgehead atoms. The molecule has 3 N–H and O–H groups in total.